The van der Waals surface area contributed by atoms with Crippen LogP contribution in [0.3, 0.4) is 0 Å². The lowest BCUT2D eigenvalue weighted by Crippen LogP contribution is -2.34. The van der Waals surface area contributed by atoms with Gasteiger partial charge in [0.25, 0.3) is 0 Å². The van der Waals surface area contributed by atoms with Crippen molar-refractivity contribution in [2.24, 2.45) is 0 Å². The quantitative estimate of drug-likeness (QED) is 0.729. The Hall–Kier alpha value is -2.22. The fraction of sp³-hybridized carbons (Fsp3) is 0.450. The van der Waals surface area contributed by atoms with Gasteiger partial charge in [0.15, 0.2) is 0 Å². The highest BCUT2D eigenvalue weighted by Gasteiger charge is 2.27. The molecule has 0 saturated carbocycles. The van der Waals surface area contributed by atoms with Gasteiger partial charge < -0.3 is 9.88 Å². The van der Waals surface area contributed by atoms with Crippen LogP contribution in [0.5, 0.6) is 0 Å². The average molecular weight is 400 g/mol. The van der Waals surface area contributed by atoms with Gasteiger partial charge in [-0.15, -0.1) is 22.6 Å². The molecular formula is C20H26ClN7. The number of hydrogen-bond acceptors (Lipinski definition) is 5. The molecule has 3 aromatic rings. The molecule has 1 aromatic carbocycles. The number of rotatable bonds is 4. The first-order valence-electron chi connectivity index (χ1n) is 9.81. The second kappa shape index (κ2) is 8.43. The second-order valence-electron chi connectivity index (χ2n) is 7.48. The van der Waals surface area contributed by atoms with Crippen molar-refractivity contribution >= 4 is 12.4 Å². The summed E-state index contributed by atoms with van der Waals surface area (Å²) < 4.78 is 4.29. The molecule has 28 heavy (non-hydrogen) atoms. The van der Waals surface area contributed by atoms with E-state index >= 15 is 0 Å². The Morgan fingerprint density at radius 3 is 2.68 bits per heavy atom. The number of nitrogens with one attached hydrogen (secondary N) is 1. The summed E-state index contributed by atoms with van der Waals surface area (Å²) in [5.41, 5.74) is 2.37. The molecule has 148 valence electrons. The predicted octanol–water partition coefficient (Wildman–Crippen LogP) is 2.37. The normalized spacial score (nSPS) is 17.9. The number of likely N-dealkylation sites (tertiary alicyclic amines) is 1. The average Bonchev–Trinajstić information content (AvgIpc) is 3.37. The van der Waals surface area contributed by atoms with Crippen LogP contribution in [0.25, 0.3) is 5.69 Å². The predicted molar refractivity (Wildman–Crippen MR) is 110 cm³/mol. The summed E-state index contributed by atoms with van der Waals surface area (Å²) >= 11 is 0. The minimum absolute atomic E-state index is 0. The molecule has 2 aliphatic heterocycles. The van der Waals surface area contributed by atoms with Crippen molar-refractivity contribution < 1.29 is 0 Å². The maximum absolute atomic E-state index is 4.52. The van der Waals surface area contributed by atoms with E-state index in [-0.39, 0.29) is 12.4 Å². The lowest BCUT2D eigenvalue weighted by molar-refractivity contribution is 0.199. The fourth-order valence-corrected chi connectivity index (χ4v) is 4.19. The van der Waals surface area contributed by atoms with Crippen LogP contribution in [0, 0.1) is 0 Å². The number of aromatic nitrogens is 5. The first-order chi connectivity index (χ1) is 13.4. The van der Waals surface area contributed by atoms with E-state index in [0.29, 0.717) is 5.92 Å². The van der Waals surface area contributed by atoms with Crippen molar-refractivity contribution in [1.29, 1.82) is 0 Å². The van der Waals surface area contributed by atoms with Gasteiger partial charge in [-0.2, -0.15) is 5.10 Å². The molecule has 0 radical (unpaired) electrons. The van der Waals surface area contributed by atoms with E-state index in [9.17, 15) is 0 Å². The Bertz CT molecular complexity index is 896. The summed E-state index contributed by atoms with van der Waals surface area (Å²) in [6, 6.07) is 10.3. The highest BCUT2D eigenvalue weighted by atomic mass is 35.5. The van der Waals surface area contributed by atoms with E-state index in [4.69, 9.17) is 0 Å². The summed E-state index contributed by atoms with van der Waals surface area (Å²) in [4.78, 5) is 2.53. The van der Waals surface area contributed by atoms with Crippen LogP contribution in [0.1, 0.15) is 36.0 Å². The lowest BCUT2D eigenvalue weighted by Gasteiger charge is -2.31. The van der Waals surface area contributed by atoms with Crippen LogP contribution in [0.15, 0.2) is 42.7 Å². The molecule has 2 aromatic heterocycles. The zero-order valence-corrected chi connectivity index (χ0v) is 16.7. The highest BCUT2D eigenvalue weighted by Crippen LogP contribution is 2.28. The molecule has 4 heterocycles. The molecule has 7 nitrogen and oxygen atoms in total. The van der Waals surface area contributed by atoms with Crippen LogP contribution >= 0.6 is 12.4 Å². The Morgan fingerprint density at radius 2 is 1.86 bits per heavy atom. The first kappa shape index (κ1) is 19.1. The SMILES string of the molecule is Cl.c1ccc(-n2cc(CN3CCC(c4nnc5n4CCNC5)CC3)cn2)cc1. The Kier molecular flexibility index (Phi) is 5.75. The van der Waals surface area contributed by atoms with Gasteiger partial charge in [-0.1, -0.05) is 18.2 Å². The second-order valence-corrected chi connectivity index (χ2v) is 7.48. The summed E-state index contributed by atoms with van der Waals surface area (Å²) in [5.74, 6) is 2.82. The number of fused-ring (bicyclic) bond motifs is 1. The number of benzene rings is 1. The number of hydrogen-bond donors (Lipinski definition) is 1. The molecule has 8 heteroatoms. The molecule has 0 atom stereocenters. The minimum atomic E-state index is 0. The van der Waals surface area contributed by atoms with Crippen LogP contribution < -0.4 is 5.32 Å². The fourth-order valence-electron chi connectivity index (χ4n) is 4.19. The number of halogens is 1. The van der Waals surface area contributed by atoms with Crippen molar-refractivity contribution in [1.82, 2.24) is 34.8 Å². The zero-order chi connectivity index (χ0) is 18.1. The zero-order valence-electron chi connectivity index (χ0n) is 15.9. The van der Waals surface area contributed by atoms with Gasteiger partial charge in [0.05, 0.1) is 18.4 Å². The van der Waals surface area contributed by atoms with Gasteiger partial charge in [0.1, 0.15) is 11.6 Å². The van der Waals surface area contributed by atoms with Crippen LogP contribution in [-0.2, 0) is 19.6 Å². The van der Waals surface area contributed by atoms with Gasteiger partial charge >= 0.3 is 0 Å². The number of piperidine rings is 1. The van der Waals surface area contributed by atoms with E-state index < -0.39 is 0 Å². The van der Waals surface area contributed by atoms with Crippen molar-refractivity contribution in [2.45, 2.75) is 38.4 Å². The lowest BCUT2D eigenvalue weighted by atomic mass is 9.95. The maximum atomic E-state index is 4.52. The van der Waals surface area contributed by atoms with E-state index in [1.165, 1.54) is 11.4 Å². The standard InChI is InChI=1S/C20H25N7.ClH/c1-2-4-18(5-3-1)27-15-16(12-22-27)14-25-9-6-17(7-10-25)20-24-23-19-13-21-8-11-26(19)20;/h1-5,12,15,17,21H,6-11,13-14H2;1H. The summed E-state index contributed by atoms with van der Waals surface area (Å²) in [5, 5.41) is 16.8. The molecule has 1 saturated heterocycles. The molecule has 1 N–H and O–H groups in total. The van der Waals surface area contributed by atoms with Gasteiger partial charge in [-0.05, 0) is 38.1 Å². The topological polar surface area (TPSA) is 63.8 Å². The van der Waals surface area contributed by atoms with E-state index in [2.05, 4.69) is 48.4 Å². The molecule has 5 rings (SSSR count). The van der Waals surface area contributed by atoms with Crippen molar-refractivity contribution in [3.05, 3.63) is 59.9 Å². The Balaban J connectivity index is 0.00000192. The third-order valence-electron chi connectivity index (χ3n) is 5.67. The smallest absolute Gasteiger partial charge is 0.147 e. The van der Waals surface area contributed by atoms with Gasteiger partial charge in [0, 0.05) is 37.3 Å². The van der Waals surface area contributed by atoms with Gasteiger partial charge in [-0.25, -0.2) is 4.68 Å². The summed E-state index contributed by atoms with van der Waals surface area (Å²) in [6.45, 7) is 6.01. The van der Waals surface area contributed by atoms with E-state index in [1.54, 1.807) is 0 Å². The van der Waals surface area contributed by atoms with E-state index in [0.717, 1.165) is 63.6 Å². The molecule has 0 aliphatic carbocycles. The summed E-state index contributed by atoms with van der Waals surface area (Å²) in [7, 11) is 0. The Labute approximate surface area is 171 Å². The third-order valence-corrected chi connectivity index (χ3v) is 5.67. The van der Waals surface area contributed by atoms with Crippen LogP contribution in [0.4, 0.5) is 0 Å². The Morgan fingerprint density at radius 1 is 1.04 bits per heavy atom. The van der Waals surface area contributed by atoms with Gasteiger partial charge in [-0.3, -0.25) is 4.90 Å². The molecule has 0 amide bonds. The van der Waals surface area contributed by atoms with Crippen molar-refractivity contribution in [2.75, 3.05) is 19.6 Å². The van der Waals surface area contributed by atoms with Crippen molar-refractivity contribution in [3.63, 3.8) is 0 Å². The van der Waals surface area contributed by atoms with Crippen molar-refractivity contribution in [3.8, 4) is 5.69 Å². The largest absolute Gasteiger partial charge is 0.312 e. The molecule has 0 spiro atoms. The molecule has 0 unspecified atom stereocenters. The highest BCUT2D eigenvalue weighted by molar-refractivity contribution is 5.85. The van der Waals surface area contributed by atoms with Crippen LogP contribution in [-0.4, -0.2) is 49.1 Å². The number of para-hydroxylation sites is 1. The monoisotopic (exact) mass is 399 g/mol. The first-order valence-corrected chi connectivity index (χ1v) is 9.81. The molecule has 1 fully saturated rings. The minimum Gasteiger partial charge on any atom is -0.312 e. The third kappa shape index (κ3) is 3.83. The molecule has 0 bridgehead atoms. The summed E-state index contributed by atoms with van der Waals surface area (Å²) in [6.07, 6.45) is 6.43. The van der Waals surface area contributed by atoms with E-state index in [1.807, 2.05) is 29.1 Å². The van der Waals surface area contributed by atoms with Crippen LogP contribution in [0.2, 0.25) is 0 Å². The number of nitrogens with zero attached hydrogens (tertiary/aromatic N) is 6. The van der Waals surface area contributed by atoms with Gasteiger partial charge in [0.2, 0.25) is 0 Å². The molecular weight excluding hydrogens is 374 g/mol. The molecule has 2 aliphatic rings. The maximum Gasteiger partial charge on any atom is 0.147 e.